The highest BCUT2D eigenvalue weighted by atomic mass is 35.5. The molecule has 178 valence electrons. The second kappa shape index (κ2) is 7.67. The molecule has 3 aromatic rings. The summed E-state index contributed by atoms with van der Waals surface area (Å²) in [4.78, 5) is 18.1. The van der Waals surface area contributed by atoms with Gasteiger partial charge in [-0.2, -0.15) is 5.10 Å². The Morgan fingerprint density at radius 1 is 1.09 bits per heavy atom. The average molecular weight is 479 g/mol. The summed E-state index contributed by atoms with van der Waals surface area (Å²) in [6, 6.07) is 8.51. The highest BCUT2D eigenvalue weighted by molar-refractivity contribution is 6.28. The molecule has 4 saturated carbocycles. The molecular formula is C26H31ClN6O. The molecule has 1 amide bonds. The summed E-state index contributed by atoms with van der Waals surface area (Å²) in [5.74, 6) is 1.22. The molecule has 4 bridgehead atoms. The summed E-state index contributed by atoms with van der Waals surface area (Å²) in [7, 11) is 0. The summed E-state index contributed by atoms with van der Waals surface area (Å²) < 4.78 is 3.96. The number of nitrogens with one attached hydrogen (secondary N) is 1. The van der Waals surface area contributed by atoms with Gasteiger partial charge in [-0.05, 0) is 88.3 Å². The van der Waals surface area contributed by atoms with Crippen LogP contribution >= 0.6 is 11.6 Å². The Balaban J connectivity index is 1.27. The van der Waals surface area contributed by atoms with E-state index in [2.05, 4.69) is 46.6 Å². The lowest BCUT2D eigenvalue weighted by molar-refractivity contribution is -0.150. The first-order chi connectivity index (χ1) is 16.3. The van der Waals surface area contributed by atoms with Crippen molar-refractivity contribution in [1.82, 2.24) is 24.5 Å². The molecule has 7 rings (SSSR count). The van der Waals surface area contributed by atoms with Gasteiger partial charge in [0.1, 0.15) is 6.33 Å². The maximum atomic E-state index is 13.9. The van der Waals surface area contributed by atoms with Crippen LogP contribution in [0.1, 0.15) is 61.0 Å². The first-order valence-electron chi connectivity index (χ1n) is 12.2. The second-order valence-electron chi connectivity index (χ2n) is 11.1. The van der Waals surface area contributed by atoms with Crippen molar-refractivity contribution in [3.63, 3.8) is 0 Å². The Kier molecular flexibility index (Phi) is 4.93. The van der Waals surface area contributed by atoms with Gasteiger partial charge in [-0.1, -0.05) is 29.8 Å². The van der Waals surface area contributed by atoms with Crippen molar-refractivity contribution in [3.05, 3.63) is 58.4 Å². The van der Waals surface area contributed by atoms with Crippen molar-refractivity contribution in [2.24, 2.45) is 17.3 Å². The van der Waals surface area contributed by atoms with Crippen LogP contribution in [0.2, 0.25) is 5.28 Å². The number of aryl methyl sites for hydroxylation is 2. The lowest BCUT2D eigenvalue weighted by atomic mass is 9.46. The van der Waals surface area contributed by atoms with E-state index in [-0.39, 0.29) is 22.1 Å². The molecule has 0 aliphatic heterocycles. The Labute approximate surface area is 204 Å². The van der Waals surface area contributed by atoms with Crippen LogP contribution in [0.4, 0.5) is 5.69 Å². The van der Waals surface area contributed by atoms with Crippen LogP contribution in [0.25, 0.3) is 0 Å². The third-order valence-corrected chi connectivity index (χ3v) is 8.71. The molecule has 4 aliphatic rings. The van der Waals surface area contributed by atoms with Crippen molar-refractivity contribution in [1.29, 1.82) is 0 Å². The van der Waals surface area contributed by atoms with Gasteiger partial charge in [-0.15, -0.1) is 5.10 Å². The largest absolute Gasteiger partial charge is 0.322 e. The summed E-state index contributed by atoms with van der Waals surface area (Å²) in [6.07, 6.45) is 7.80. The van der Waals surface area contributed by atoms with Gasteiger partial charge >= 0.3 is 0 Å². The van der Waals surface area contributed by atoms with Crippen molar-refractivity contribution >= 4 is 23.2 Å². The molecule has 1 aromatic carbocycles. The summed E-state index contributed by atoms with van der Waals surface area (Å²) in [6.45, 7) is 6.80. The number of rotatable bonds is 5. The fourth-order valence-corrected chi connectivity index (χ4v) is 7.49. The molecule has 4 aliphatic carbocycles. The quantitative estimate of drug-likeness (QED) is 0.557. The Morgan fingerprint density at radius 2 is 1.79 bits per heavy atom. The van der Waals surface area contributed by atoms with Crippen molar-refractivity contribution in [3.8, 4) is 0 Å². The second-order valence-corrected chi connectivity index (χ2v) is 11.4. The molecular weight excluding hydrogens is 448 g/mol. The number of nitrogens with zero attached hydrogens (tertiary/aromatic N) is 5. The van der Waals surface area contributed by atoms with E-state index >= 15 is 0 Å². The van der Waals surface area contributed by atoms with Crippen molar-refractivity contribution < 1.29 is 4.79 Å². The fourth-order valence-electron chi connectivity index (χ4n) is 7.36. The van der Waals surface area contributed by atoms with Gasteiger partial charge in [-0.3, -0.25) is 9.48 Å². The normalized spacial score (nSPS) is 29.5. The minimum atomic E-state index is -0.375. The number of hydrogen-bond acceptors (Lipinski definition) is 4. The smallest absolute Gasteiger partial charge is 0.242 e. The average Bonchev–Trinajstić information content (AvgIpc) is 3.34. The van der Waals surface area contributed by atoms with Crippen LogP contribution in [0.5, 0.6) is 0 Å². The van der Waals surface area contributed by atoms with E-state index in [1.807, 2.05) is 23.2 Å². The molecule has 34 heavy (non-hydrogen) atoms. The first-order valence-corrected chi connectivity index (χ1v) is 12.6. The van der Waals surface area contributed by atoms with Gasteiger partial charge in [-0.25, -0.2) is 9.67 Å². The predicted octanol–water partition coefficient (Wildman–Crippen LogP) is 5.04. The standard InChI is InChI=1S/C26H31ClN6O/c1-16-4-6-19(7-5-16)13-32-18(3)22(17(2)30-32)29-23(34)25-9-20-8-21(10-25)12-26(11-20,14-25)33-15-28-24(27)31-33/h4-7,15,20-21H,8-14H2,1-3H3,(H,29,34). The zero-order valence-electron chi connectivity index (χ0n) is 20.0. The third kappa shape index (κ3) is 3.47. The molecule has 7 nitrogen and oxygen atoms in total. The molecule has 8 heteroatoms. The summed E-state index contributed by atoms with van der Waals surface area (Å²) in [5.41, 5.74) is 4.62. The van der Waals surface area contributed by atoms with Crippen molar-refractivity contribution in [2.45, 2.75) is 71.4 Å². The number of carbonyl (C=O) groups is 1. The number of halogens is 1. The van der Waals surface area contributed by atoms with Crippen molar-refractivity contribution in [2.75, 3.05) is 5.32 Å². The molecule has 1 N–H and O–H groups in total. The minimum Gasteiger partial charge on any atom is -0.322 e. The maximum absolute atomic E-state index is 13.9. The van der Waals surface area contributed by atoms with Crippen LogP contribution in [0, 0.1) is 38.0 Å². The van der Waals surface area contributed by atoms with Crippen LogP contribution in [-0.4, -0.2) is 30.5 Å². The molecule has 0 radical (unpaired) electrons. The van der Waals surface area contributed by atoms with Gasteiger partial charge in [0.15, 0.2) is 0 Å². The zero-order valence-corrected chi connectivity index (χ0v) is 20.8. The van der Waals surface area contributed by atoms with Gasteiger partial charge < -0.3 is 5.32 Å². The van der Waals surface area contributed by atoms with Gasteiger partial charge in [0.2, 0.25) is 11.2 Å². The van der Waals surface area contributed by atoms with E-state index in [0.717, 1.165) is 49.2 Å². The summed E-state index contributed by atoms with van der Waals surface area (Å²) in [5, 5.41) is 12.8. The van der Waals surface area contributed by atoms with Gasteiger partial charge in [0.05, 0.1) is 34.6 Å². The van der Waals surface area contributed by atoms with Crippen LogP contribution in [-0.2, 0) is 16.9 Å². The van der Waals surface area contributed by atoms with E-state index in [9.17, 15) is 4.79 Å². The molecule has 2 atom stereocenters. The monoisotopic (exact) mass is 478 g/mol. The first kappa shape index (κ1) is 21.8. The Bertz CT molecular complexity index is 1240. The van der Waals surface area contributed by atoms with E-state index in [4.69, 9.17) is 16.7 Å². The number of amides is 1. The maximum Gasteiger partial charge on any atom is 0.242 e. The highest BCUT2D eigenvalue weighted by Crippen LogP contribution is 2.64. The third-order valence-electron chi connectivity index (χ3n) is 8.53. The van der Waals surface area contributed by atoms with Crippen LogP contribution in [0.15, 0.2) is 30.6 Å². The van der Waals surface area contributed by atoms with Crippen LogP contribution in [0.3, 0.4) is 0 Å². The van der Waals surface area contributed by atoms with E-state index < -0.39 is 0 Å². The summed E-state index contributed by atoms with van der Waals surface area (Å²) >= 11 is 6.08. The molecule has 4 fully saturated rings. The number of anilines is 1. The topological polar surface area (TPSA) is 77.6 Å². The van der Waals surface area contributed by atoms with E-state index in [1.165, 1.54) is 17.5 Å². The number of aromatic nitrogens is 5. The van der Waals surface area contributed by atoms with Gasteiger partial charge in [0, 0.05) is 0 Å². The van der Waals surface area contributed by atoms with E-state index in [0.29, 0.717) is 18.4 Å². The number of benzene rings is 1. The predicted molar refractivity (Wildman–Crippen MR) is 131 cm³/mol. The molecule has 2 aromatic heterocycles. The highest BCUT2D eigenvalue weighted by Gasteiger charge is 2.61. The Hall–Kier alpha value is -2.67. The minimum absolute atomic E-state index is 0.137. The van der Waals surface area contributed by atoms with Crippen LogP contribution < -0.4 is 5.32 Å². The lowest BCUT2D eigenvalue weighted by Crippen LogP contribution is -2.60. The lowest BCUT2D eigenvalue weighted by Gasteiger charge is -2.60. The molecule has 2 heterocycles. The molecule has 0 saturated heterocycles. The van der Waals surface area contributed by atoms with E-state index in [1.54, 1.807) is 6.33 Å². The van der Waals surface area contributed by atoms with Gasteiger partial charge in [0.25, 0.3) is 0 Å². The molecule has 0 spiro atoms. The molecule has 2 unspecified atom stereocenters. The zero-order chi connectivity index (χ0) is 23.7. The SMILES string of the molecule is Cc1ccc(Cn2nc(C)c(NC(=O)C34CC5CC(C3)CC(n3cnc(Cl)n3)(C5)C4)c2C)cc1. The fraction of sp³-hybridized carbons (Fsp3) is 0.538. The number of hydrogen-bond donors (Lipinski definition) is 1. The number of carbonyl (C=O) groups excluding carboxylic acids is 1. The Morgan fingerprint density at radius 3 is 2.44 bits per heavy atom.